The minimum absolute atomic E-state index is 0.0729. The topological polar surface area (TPSA) is 60.6 Å². The van der Waals surface area contributed by atoms with Gasteiger partial charge in [0.15, 0.2) is 0 Å². The number of hydrogen-bond donors (Lipinski definition) is 4. The second kappa shape index (κ2) is 1.75. The molecule has 5 nitrogen and oxygen atoms in total. The zero-order valence-electron chi connectivity index (χ0n) is 6.24. The van der Waals surface area contributed by atoms with Crippen LogP contribution < -0.4 is 21.7 Å². The molecule has 0 atom stereocenters. The van der Waals surface area contributed by atoms with Gasteiger partial charge in [0.25, 0.3) is 0 Å². The monoisotopic (exact) mass is 156 g/mol. The van der Waals surface area contributed by atoms with Crippen LogP contribution >= 0.6 is 0 Å². The molecule has 0 aromatic rings. The summed E-state index contributed by atoms with van der Waals surface area (Å²) < 4.78 is 5.76. The lowest BCUT2D eigenvalue weighted by atomic mass is 9.94. The summed E-state index contributed by atoms with van der Waals surface area (Å²) in [5.74, 6) is 0. The summed E-state index contributed by atoms with van der Waals surface area (Å²) in [6.45, 7) is 3.71. The molecule has 2 spiro atoms. The van der Waals surface area contributed by atoms with Crippen LogP contribution in [0.1, 0.15) is 0 Å². The third-order valence-electron chi connectivity index (χ3n) is 2.93. The molecule has 3 heterocycles. The molecule has 4 N–H and O–H groups in total. The second-order valence-corrected chi connectivity index (χ2v) is 3.50. The van der Waals surface area contributed by atoms with Gasteiger partial charge in [0.1, 0.15) is 11.2 Å². The van der Waals surface area contributed by atoms with Gasteiger partial charge in [0, 0.05) is 26.2 Å². The Morgan fingerprint density at radius 3 is 1.45 bits per heavy atom. The fourth-order valence-corrected chi connectivity index (χ4v) is 2.08. The third-order valence-corrected chi connectivity index (χ3v) is 2.93. The molecule has 3 rings (SSSR count). The van der Waals surface area contributed by atoms with Crippen molar-refractivity contribution in [3.63, 3.8) is 0 Å². The SMILES string of the molecule is C1NNCC12OC21CNNC1. The van der Waals surface area contributed by atoms with E-state index in [9.17, 15) is 0 Å². The Morgan fingerprint density at radius 2 is 1.09 bits per heavy atom. The molecule has 0 bridgehead atoms. The van der Waals surface area contributed by atoms with Gasteiger partial charge >= 0.3 is 0 Å². The van der Waals surface area contributed by atoms with Crippen LogP contribution in [0.25, 0.3) is 0 Å². The first kappa shape index (κ1) is 6.33. The Morgan fingerprint density at radius 1 is 0.727 bits per heavy atom. The molecule has 3 aliphatic rings. The van der Waals surface area contributed by atoms with Crippen molar-refractivity contribution in [2.45, 2.75) is 11.2 Å². The van der Waals surface area contributed by atoms with Gasteiger partial charge in [-0.2, -0.15) is 0 Å². The summed E-state index contributed by atoms with van der Waals surface area (Å²) in [6.07, 6.45) is 0. The molecule has 3 aliphatic heterocycles. The number of rotatable bonds is 0. The number of fused-ring (bicyclic) bond motifs is 1. The molecule has 0 aromatic carbocycles. The van der Waals surface area contributed by atoms with E-state index in [1.54, 1.807) is 0 Å². The van der Waals surface area contributed by atoms with Crippen LogP contribution in [0.5, 0.6) is 0 Å². The molecule has 0 amide bonds. The van der Waals surface area contributed by atoms with Crippen molar-refractivity contribution in [3.8, 4) is 0 Å². The Balaban J connectivity index is 1.83. The second-order valence-electron chi connectivity index (χ2n) is 3.50. The fraction of sp³-hybridized carbons (Fsp3) is 1.00. The maximum absolute atomic E-state index is 5.76. The summed E-state index contributed by atoms with van der Waals surface area (Å²) in [4.78, 5) is 0. The highest BCUT2D eigenvalue weighted by Crippen LogP contribution is 2.48. The van der Waals surface area contributed by atoms with E-state index in [4.69, 9.17) is 4.74 Å². The van der Waals surface area contributed by atoms with Crippen LogP contribution in [0.4, 0.5) is 0 Å². The van der Waals surface area contributed by atoms with Gasteiger partial charge in [0.2, 0.25) is 0 Å². The van der Waals surface area contributed by atoms with Crippen molar-refractivity contribution in [1.29, 1.82) is 0 Å². The fourth-order valence-electron chi connectivity index (χ4n) is 2.08. The predicted octanol–water partition coefficient (Wildman–Crippen LogP) is -2.29. The Labute approximate surface area is 64.8 Å². The predicted molar refractivity (Wildman–Crippen MR) is 38.6 cm³/mol. The van der Waals surface area contributed by atoms with Gasteiger partial charge in [-0.1, -0.05) is 0 Å². The number of hydrogen-bond acceptors (Lipinski definition) is 5. The number of epoxide rings is 1. The van der Waals surface area contributed by atoms with Gasteiger partial charge in [-0.25, -0.2) is 0 Å². The molecule has 0 saturated carbocycles. The zero-order valence-corrected chi connectivity index (χ0v) is 6.24. The lowest BCUT2D eigenvalue weighted by Gasteiger charge is -2.03. The zero-order chi connectivity index (χ0) is 7.36. The maximum Gasteiger partial charge on any atom is 0.128 e. The average Bonchev–Trinajstić information content (AvgIpc) is 2.42. The molecule has 11 heavy (non-hydrogen) atoms. The number of hydrazine groups is 2. The van der Waals surface area contributed by atoms with Gasteiger partial charge in [0.05, 0.1) is 0 Å². The smallest absolute Gasteiger partial charge is 0.128 e. The van der Waals surface area contributed by atoms with E-state index in [1.165, 1.54) is 0 Å². The largest absolute Gasteiger partial charge is 0.357 e. The minimum Gasteiger partial charge on any atom is -0.357 e. The van der Waals surface area contributed by atoms with E-state index in [0.717, 1.165) is 26.2 Å². The van der Waals surface area contributed by atoms with Gasteiger partial charge in [-0.3, -0.25) is 21.7 Å². The highest BCUT2D eigenvalue weighted by atomic mass is 16.6. The molecule has 0 unspecified atom stereocenters. The van der Waals surface area contributed by atoms with Crippen LogP contribution in [-0.4, -0.2) is 37.4 Å². The Kier molecular flexibility index (Phi) is 1.01. The van der Waals surface area contributed by atoms with E-state index in [1.807, 2.05) is 0 Å². The van der Waals surface area contributed by atoms with Crippen molar-refractivity contribution in [2.75, 3.05) is 26.2 Å². The first-order valence-electron chi connectivity index (χ1n) is 3.99. The van der Waals surface area contributed by atoms with Gasteiger partial charge < -0.3 is 4.74 Å². The van der Waals surface area contributed by atoms with Crippen LogP contribution in [0.3, 0.4) is 0 Å². The average molecular weight is 156 g/mol. The summed E-state index contributed by atoms with van der Waals surface area (Å²) in [6, 6.07) is 0. The van der Waals surface area contributed by atoms with E-state index in [-0.39, 0.29) is 11.2 Å². The third kappa shape index (κ3) is 0.629. The van der Waals surface area contributed by atoms with E-state index in [2.05, 4.69) is 21.7 Å². The van der Waals surface area contributed by atoms with Crippen LogP contribution in [0, 0.1) is 0 Å². The summed E-state index contributed by atoms with van der Waals surface area (Å²) in [5, 5.41) is 0. The lowest BCUT2D eigenvalue weighted by molar-refractivity contribution is 0.286. The number of ether oxygens (including phenoxy) is 1. The van der Waals surface area contributed by atoms with Crippen molar-refractivity contribution in [1.82, 2.24) is 21.7 Å². The summed E-state index contributed by atoms with van der Waals surface area (Å²) in [7, 11) is 0. The Bertz CT molecular complexity index is 163. The van der Waals surface area contributed by atoms with E-state index in [0.29, 0.717) is 0 Å². The molecule has 3 saturated heterocycles. The van der Waals surface area contributed by atoms with Gasteiger partial charge in [-0.15, -0.1) is 0 Å². The van der Waals surface area contributed by atoms with Crippen molar-refractivity contribution in [3.05, 3.63) is 0 Å². The first-order valence-corrected chi connectivity index (χ1v) is 3.99. The molecule has 62 valence electrons. The van der Waals surface area contributed by atoms with E-state index >= 15 is 0 Å². The van der Waals surface area contributed by atoms with Crippen LogP contribution in [-0.2, 0) is 4.74 Å². The summed E-state index contributed by atoms with van der Waals surface area (Å²) in [5.41, 5.74) is 12.5. The van der Waals surface area contributed by atoms with Crippen molar-refractivity contribution < 1.29 is 4.74 Å². The molecule has 5 heteroatoms. The van der Waals surface area contributed by atoms with Gasteiger partial charge in [-0.05, 0) is 0 Å². The van der Waals surface area contributed by atoms with Crippen molar-refractivity contribution in [2.24, 2.45) is 0 Å². The number of nitrogens with one attached hydrogen (secondary N) is 4. The normalized spacial score (nSPS) is 37.1. The highest BCUT2D eigenvalue weighted by Gasteiger charge is 2.71. The molecule has 3 fully saturated rings. The van der Waals surface area contributed by atoms with E-state index < -0.39 is 0 Å². The molecular formula is C6H12N4O. The molecule has 0 radical (unpaired) electrons. The quantitative estimate of drug-likeness (QED) is 0.297. The molecule has 0 aliphatic carbocycles. The molecule has 0 aromatic heterocycles. The minimum atomic E-state index is 0.0729. The standard InChI is InChI=1S/C6H12N4O/c1-5(2-8-7-1)6(11-5)3-9-10-4-6/h7-10H,1-4H2. The highest BCUT2D eigenvalue weighted by molar-refractivity contribution is 5.23. The summed E-state index contributed by atoms with van der Waals surface area (Å²) >= 11 is 0. The lowest BCUT2D eigenvalue weighted by Crippen LogP contribution is -2.34. The Hall–Kier alpha value is -0.200. The maximum atomic E-state index is 5.76. The molecular weight excluding hydrogens is 144 g/mol. The first-order chi connectivity index (χ1) is 5.37. The van der Waals surface area contributed by atoms with Crippen LogP contribution in [0.15, 0.2) is 0 Å². The van der Waals surface area contributed by atoms with Crippen molar-refractivity contribution >= 4 is 0 Å². The van der Waals surface area contributed by atoms with Crippen LogP contribution in [0.2, 0.25) is 0 Å².